The highest BCUT2D eigenvalue weighted by atomic mass is 35.5. The zero-order valence-corrected chi connectivity index (χ0v) is 18.6. The number of carboxylic acids is 1. The molecule has 2 amide bonds. The molecule has 1 heterocycles. The number of aliphatic carboxylic acids is 1. The fourth-order valence-electron chi connectivity index (χ4n) is 3.32. The third kappa shape index (κ3) is 5.82. The van der Waals surface area contributed by atoms with Gasteiger partial charge in [-0.3, -0.25) is 0 Å². The van der Waals surface area contributed by atoms with Crippen LogP contribution in [0.1, 0.15) is 25.8 Å². The lowest BCUT2D eigenvalue weighted by atomic mass is 10.1. The predicted molar refractivity (Wildman–Crippen MR) is 118 cm³/mol. The van der Waals surface area contributed by atoms with E-state index in [1.54, 1.807) is 29.2 Å². The van der Waals surface area contributed by atoms with E-state index in [0.29, 0.717) is 42.6 Å². The molecule has 1 aliphatic heterocycles. The van der Waals surface area contributed by atoms with Gasteiger partial charge in [0, 0.05) is 31.6 Å². The Morgan fingerprint density at radius 1 is 1.13 bits per heavy atom. The minimum Gasteiger partial charge on any atom is -0.494 e. The van der Waals surface area contributed by atoms with Crippen molar-refractivity contribution >= 4 is 23.6 Å². The van der Waals surface area contributed by atoms with E-state index >= 15 is 0 Å². The monoisotopic (exact) mass is 446 g/mol. The summed E-state index contributed by atoms with van der Waals surface area (Å²) in [4.78, 5) is 27.3. The molecular formula is C23H27ClN2O5. The Hall–Kier alpha value is -2.93. The first-order valence-electron chi connectivity index (χ1n) is 10.1. The molecule has 1 atom stereocenters. The van der Waals surface area contributed by atoms with E-state index < -0.39 is 11.6 Å². The summed E-state index contributed by atoms with van der Waals surface area (Å²) >= 11 is 5.93. The number of likely N-dealkylation sites (N-methyl/N-ethyl adjacent to an activating group) is 1. The summed E-state index contributed by atoms with van der Waals surface area (Å²) in [7, 11) is 1.81. The molecule has 3 rings (SSSR count). The summed E-state index contributed by atoms with van der Waals surface area (Å²) < 4.78 is 11.3. The molecule has 0 aromatic heterocycles. The molecule has 0 unspecified atom stereocenters. The Morgan fingerprint density at radius 2 is 1.74 bits per heavy atom. The van der Waals surface area contributed by atoms with Crippen LogP contribution in [0.25, 0.3) is 0 Å². The quantitative estimate of drug-likeness (QED) is 0.621. The summed E-state index contributed by atoms with van der Waals surface area (Å²) in [5.41, 5.74) is -0.267. The molecule has 0 saturated carbocycles. The molecular weight excluding hydrogens is 420 g/mol. The average Bonchev–Trinajstić information content (AvgIpc) is 2.98. The zero-order valence-electron chi connectivity index (χ0n) is 17.9. The van der Waals surface area contributed by atoms with E-state index in [0.717, 1.165) is 5.56 Å². The zero-order chi connectivity index (χ0) is 22.6. The standard InChI is InChI=1S/C23H27ClN2O5/c1-23(2,21(27)28)31-20-10-8-19(9-11-20)30-13-12-18-15-26(22(29)25(18)3)14-16-4-6-17(24)7-5-16/h4-11,18H,12-15H2,1-3H3,(H,27,28)/t18-/m1/s1. The summed E-state index contributed by atoms with van der Waals surface area (Å²) in [5, 5.41) is 9.82. The number of hydrogen-bond donors (Lipinski definition) is 1. The highest BCUT2D eigenvalue weighted by Gasteiger charge is 2.34. The molecule has 7 nitrogen and oxygen atoms in total. The van der Waals surface area contributed by atoms with Crippen LogP contribution in [0.15, 0.2) is 48.5 Å². The Labute approximate surface area is 187 Å². The van der Waals surface area contributed by atoms with Crippen molar-refractivity contribution in [2.24, 2.45) is 0 Å². The number of hydrogen-bond acceptors (Lipinski definition) is 4. The van der Waals surface area contributed by atoms with Gasteiger partial charge in [0.1, 0.15) is 11.5 Å². The minimum absolute atomic E-state index is 0.00231. The Morgan fingerprint density at radius 3 is 2.35 bits per heavy atom. The first-order valence-corrected chi connectivity index (χ1v) is 10.4. The minimum atomic E-state index is -1.31. The maximum absolute atomic E-state index is 12.5. The van der Waals surface area contributed by atoms with Gasteiger partial charge in [0.15, 0.2) is 5.60 Å². The van der Waals surface area contributed by atoms with Gasteiger partial charge in [0.2, 0.25) is 0 Å². The topological polar surface area (TPSA) is 79.3 Å². The second-order valence-electron chi connectivity index (χ2n) is 8.08. The van der Waals surface area contributed by atoms with Crippen molar-refractivity contribution in [2.75, 3.05) is 20.2 Å². The molecule has 1 N–H and O–H groups in total. The number of amides is 2. The van der Waals surface area contributed by atoms with Crippen molar-refractivity contribution in [3.63, 3.8) is 0 Å². The number of rotatable bonds is 9. The summed E-state index contributed by atoms with van der Waals surface area (Å²) in [6.45, 7) is 4.63. The maximum atomic E-state index is 12.5. The van der Waals surface area contributed by atoms with Gasteiger partial charge in [-0.1, -0.05) is 23.7 Å². The average molecular weight is 447 g/mol. The van der Waals surface area contributed by atoms with Gasteiger partial charge in [-0.2, -0.15) is 0 Å². The molecule has 0 spiro atoms. The summed E-state index contributed by atoms with van der Waals surface area (Å²) in [6.07, 6.45) is 0.698. The van der Waals surface area contributed by atoms with Gasteiger partial charge >= 0.3 is 12.0 Å². The van der Waals surface area contributed by atoms with E-state index in [1.807, 2.05) is 36.2 Å². The van der Waals surface area contributed by atoms with Gasteiger partial charge < -0.3 is 24.4 Å². The van der Waals surface area contributed by atoms with Crippen LogP contribution in [0.2, 0.25) is 5.02 Å². The Balaban J connectivity index is 1.48. The fraction of sp³-hybridized carbons (Fsp3) is 0.391. The van der Waals surface area contributed by atoms with E-state index in [-0.39, 0.29) is 12.1 Å². The highest BCUT2D eigenvalue weighted by molar-refractivity contribution is 6.30. The maximum Gasteiger partial charge on any atom is 0.347 e. The molecule has 31 heavy (non-hydrogen) atoms. The van der Waals surface area contributed by atoms with Crippen LogP contribution in [0.5, 0.6) is 11.5 Å². The molecule has 0 radical (unpaired) electrons. The van der Waals surface area contributed by atoms with E-state index in [9.17, 15) is 9.59 Å². The number of carbonyl (C=O) groups excluding carboxylic acids is 1. The smallest absolute Gasteiger partial charge is 0.347 e. The van der Waals surface area contributed by atoms with Crippen molar-refractivity contribution in [2.45, 2.75) is 38.5 Å². The van der Waals surface area contributed by atoms with Crippen LogP contribution < -0.4 is 9.47 Å². The molecule has 1 saturated heterocycles. The third-order valence-corrected chi connectivity index (χ3v) is 5.52. The van der Waals surface area contributed by atoms with E-state index in [4.69, 9.17) is 26.2 Å². The fourth-order valence-corrected chi connectivity index (χ4v) is 3.44. The van der Waals surface area contributed by atoms with Crippen LogP contribution in [0.3, 0.4) is 0 Å². The van der Waals surface area contributed by atoms with Gasteiger partial charge in [-0.15, -0.1) is 0 Å². The highest BCUT2D eigenvalue weighted by Crippen LogP contribution is 2.24. The molecule has 0 bridgehead atoms. The van der Waals surface area contributed by atoms with Crippen molar-refractivity contribution in [3.8, 4) is 11.5 Å². The molecule has 1 fully saturated rings. The van der Waals surface area contributed by atoms with Gasteiger partial charge in [0.25, 0.3) is 0 Å². The van der Waals surface area contributed by atoms with Gasteiger partial charge in [0.05, 0.1) is 12.6 Å². The Kier molecular flexibility index (Phi) is 6.95. The largest absolute Gasteiger partial charge is 0.494 e. The van der Waals surface area contributed by atoms with Crippen LogP contribution in [0.4, 0.5) is 4.79 Å². The number of benzene rings is 2. The lowest BCUT2D eigenvalue weighted by Crippen LogP contribution is -2.37. The SMILES string of the molecule is CN1C(=O)N(Cc2ccc(Cl)cc2)C[C@H]1CCOc1ccc(OC(C)(C)C(=O)O)cc1. The second-order valence-corrected chi connectivity index (χ2v) is 8.52. The number of carboxylic acid groups (broad SMARTS) is 1. The molecule has 0 aliphatic carbocycles. The van der Waals surface area contributed by atoms with Crippen molar-refractivity contribution < 1.29 is 24.2 Å². The van der Waals surface area contributed by atoms with E-state index in [2.05, 4.69) is 0 Å². The molecule has 1 aliphatic rings. The van der Waals surface area contributed by atoms with E-state index in [1.165, 1.54) is 13.8 Å². The summed E-state index contributed by atoms with van der Waals surface area (Å²) in [5.74, 6) is 0.0809. The predicted octanol–water partition coefficient (Wildman–Crippen LogP) is 4.29. The number of halogens is 1. The second kappa shape index (κ2) is 9.47. The number of ether oxygens (including phenoxy) is 2. The van der Waals surface area contributed by atoms with Crippen LogP contribution in [0, 0.1) is 0 Å². The van der Waals surface area contributed by atoms with Crippen LogP contribution >= 0.6 is 11.6 Å². The van der Waals surface area contributed by atoms with Gasteiger partial charge in [-0.25, -0.2) is 9.59 Å². The third-order valence-electron chi connectivity index (χ3n) is 5.27. The van der Waals surface area contributed by atoms with Crippen molar-refractivity contribution in [1.29, 1.82) is 0 Å². The first kappa shape index (κ1) is 22.7. The molecule has 166 valence electrons. The molecule has 2 aromatic carbocycles. The summed E-state index contributed by atoms with van der Waals surface area (Å²) in [6, 6.07) is 14.4. The molecule has 8 heteroatoms. The van der Waals surface area contributed by atoms with Crippen molar-refractivity contribution in [3.05, 3.63) is 59.1 Å². The first-order chi connectivity index (χ1) is 14.7. The number of carbonyl (C=O) groups is 2. The van der Waals surface area contributed by atoms with Crippen LogP contribution in [-0.2, 0) is 11.3 Å². The van der Waals surface area contributed by atoms with Crippen LogP contribution in [-0.4, -0.2) is 58.7 Å². The lowest BCUT2D eigenvalue weighted by molar-refractivity contribution is -0.152. The lowest BCUT2D eigenvalue weighted by Gasteiger charge is -2.21. The van der Waals surface area contributed by atoms with Gasteiger partial charge in [-0.05, 0) is 55.8 Å². The van der Waals surface area contributed by atoms with Crippen molar-refractivity contribution in [1.82, 2.24) is 9.80 Å². The molecule has 2 aromatic rings. The number of nitrogens with zero attached hydrogens (tertiary/aromatic N) is 2. The normalized spacial score (nSPS) is 16.5. The Bertz CT molecular complexity index is 915. The number of urea groups is 1.